The number of aromatic nitrogens is 1. The number of ether oxygens (including phenoxy) is 2. The van der Waals surface area contributed by atoms with Crippen molar-refractivity contribution in [2.75, 3.05) is 14.2 Å². The summed E-state index contributed by atoms with van der Waals surface area (Å²) in [5.41, 5.74) is 6.49. The molecule has 5 nitrogen and oxygen atoms in total. The molecule has 90 valence electrons. The van der Waals surface area contributed by atoms with Crippen molar-refractivity contribution in [3.63, 3.8) is 0 Å². The molecule has 2 aromatic rings. The Balaban J connectivity index is 2.80. The minimum absolute atomic E-state index is 0.191. The van der Waals surface area contributed by atoms with E-state index in [0.717, 1.165) is 5.39 Å². The van der Waals surface area contributed by atoms with E-state index in [9.17, 15) is 4.79 Å². The molecule has 0 amide bonds. The molecule has 0 saturated carbocycles. The van der Waals surface area contributed by atoms with Gasteiger partial charge in [0.05, 0.1) is 19.7 Å². The van der Waals surface area contributed by atoms with Crippen molar-refractivity contribution in [1.82, 2.24) is 4.98 Å². The molecule has 0 aliphatic heterocycles. The van der Waals surface area contributed by atoms with Crippen LogP contribution in [0.15, 0.2) is 23.0 Å². The van der Waals surface area contributed by atoms with E-state index in [0.29, 0.717) is 22.6 Å². The predicted molar refractivity (Wildman–Crippen MR) is 65.6 cm³/mol. The van der Waals surface area contributed by atoms with Crippen LogP contribution in [0, 0.1) is 0 Å². The second kappa shape index (κ2) is 4.47. The summed E-state index contributed by atoms with van der Waals surface area (Å²) in [6, 6.07) is 5.30. The van der Waals surface area contributed by atoms with Crippen molar-refractivity contribution in [2.24, 2.45) is 5.73 Å². The van der Waals surface area contributed by atoms with Gasteiger partial charge in [-0.15, -0.1) is 0 Å². The average Bonchev–Trinajstić information content (AvgIpc) is 2.36. The van der Waals surface area contributed by atoms with Crippen molar-refractivity contribution >= 4 is 10.9 Å². The third-order valence-electron chi connectivity index (χ3n) is 2.64. The summed E-state index contributed by atoms with van der Waals surface area (Å²) in [7, 11) is 3.12. The first-order chi connectivity index (χ1) is 8.19. The maximum atomic E-state index is 11.7. The summed E-state index contributed by atoms with van der Waals surface area (Å²) in [6.45, 7) is 0.199. The van der Waals surface area contributed by atoms with Gasteiger partial charge >= 0.3 is 0 Å². The van der Waals surface area contributed by atoms with Crippen molar-refractivity contribution in [3.05, 3.63) is 34.1 Å². The molecular formula is C12H14N2O3. The first kappa shape index (κ1) is 11.5. The number of nitrogens with two attached hydrogens (primary N) is 1. The van der Waals surface area contributed by atoms with Gasteiger partial charge in [-0.1, -0.05) is 0 Å². The first-order valence-electron chi connectivity index (χ1n) is 5.17. The van der Waals surface area contributed by atoms with E-state index < -0.39 is 0 Å². The topological polar surface area (TPSA) is 77.3 Å². The number of nitrogens with one attached hydrogen (secondary N) is 1. The van der Waals surface area contributed by atoms with Crippen molar-refractivity contribution in [1.29, 1.82) is 0 Å². The number of benzene rings is 1. The van der Waals surface area contributed by atoms with Crippen LogP contribution < -0.4 is 20.8 Å². The summed E-state index contributed by atoms with van der Waals surface area (Å²) < 4.78 is 10.4. The Kier molecular flexibility index (Phi) is 3.01. The van der Waals surface area contributed by atoms with Gasteiger partial charge < -0.3 is 20.2 Å². The maximum Gasteiger partial charge on any atom is 0.253 e. The van der Waals surface area contributed by atoms with Gasteiger partial charge in [-0.25, -0.2) is 0 Å². The van der Waals surface area contributed by atoms with Crippen LogP contribution in [0.2, 0.25) is 0 Å². The average molecular weight is 234 g/mol. The lowest BCUT2D eigenvalue weighted by Gasteiger charge is -2.09. The zero-order valence-electron chi connectivity index (χ0n) is 9.74. The van der Waals surface area contributed by atoms with Crippen molar-refractivity contribution in [3.8, 4) is 11.5 Å². The van der Waals surface area contributed by atoms with Crippen LogP contribution in [0.1, 0.15) is 5.56 Å². The highest BCUT2D eigenvalue weighted by molar-refractivity contribution is 5.86. The molecule has 2 rings (SSSR count). The number of pyridine rings is 1. The highest BCUT2D eigenvalue weighted by atomic mass is 16.5. The van der Waals surface area contributed by atoms with E-state index in [-0.39, 0.29) is 12.1 Å². The number of methoxy groups -OCH3 is 2. The van der Waals surface area contributed by atoms with Gasteiger partial charge in [-0.3, -0.25) is 4.79 Å². The number of hydrogen-bond acceptors (Lipinski definition) is 4. The minimum atomic E-state index is -0.191. The molecule has 0 aliphatic rings. The second-order valence-electron chi connectivity index (χ2n) is 3.62. The molecule has 0 radical (unpaired) electrons. The van der Waals surface area contributed by atoms with Crippen LogP contribution in [-0.2, 0) is 6.54 Å². The lowest BCUT2D eigenvalue weighted by Crippen LogP contribution is -2.15. The SMILES string of the molecule is COc1cc(OC)c2[nH]c(=O)c(CN)cc2c1. The van der Waals surface area contributed by atoms with E-state index in [2.05, 4.69) is 4.98 Å². The fourth-order valence-electron chi connectivity index (χ4n) is 1.74. The Morgan fingerprint density at radius 3 is 2.59 bits per heavy atom. The zero-order chi connectivity index (χ0) is 12.4. The summed E-state index contributed by atoms with van der Waals surface area (Å²) in [4.78, 5) is 14.4. The smallest absolute Gasteiger partial charge is 0.253 e. The van der Waals surface area contributed by atoms with Gasteiger partial charge in [-0.05, 0) is 12.1 Å². The Bertz CT molecular complexity index is 604. The van der Waals surface area contributed by atoms with Crippen molar-refractivity contribution < 1.29 is 9.47 Å². The second-order valence-corrected chi connectivity index (χ2v) is 3.62. The molecule has 0 atom stereocenters. The van der Waals surface area contributed by atoms with Gasteiger partial charge in [-0.2, -0.15) is 0 Å². The molecule has 0 unspecified atom stereocenters. The van der Waals surface area contributed by atoms with E-state index in [1.165, 1.54) is 0 Å². The van der Waals surface area contributed by atoms with E-state index in [1.54, 1.807) is 26.4 Å². The summed E-state index contributed by atoms with van der Waals surface area (Å²) in [6.07, 6.45) is 0. The lowest BCUT2D eigenvalue weighted by atomic mass is 10.1. The number of rotatable bonds is 3. The molecule has 1 heterocycles. The van der Waals surface area contributed by atoms with Gasteiger partial charge in [0.25, 0.3) is 5.56 Å². The predicted octanol–water partition coefficient (Wildman–Crippen LogP) is 1.00. The standard InChI is InChI=1S/C12H14N2O3/c1-16-9-4-7-3-8(6-13)12(15)14-11(7)10(5-9)17-2/h3-5H,6,13H2,1-2H3,(H,14,15). The fraction of sp³-hybridized carbons (Fsp3) is 0.250. The van der Waals surface area contributed by atoms with Crippen LogP contribution in [0.25, 0.3) is 10.9 Å². The first-order valence-corrected chi connectivity index (χ1v) is 5.17. The number of fused-ring (bicyclic) bond motifs is 1. The normalized spacial score (nSPS) is 10.5. The maximum absolute atomic E-state index is 11.7. The number of H-pyrrole nitrogens is 1. The van der Waals surface area contributed by atoms with E-state index in [4.69, 9.17) is 15.2 Å². The highest BCUT2D eigenvalue weighted by Gasteiger charge is 2.08. The minimum Gasteiger partial charge on any atom is -0.497 e. The van der Waals surface area contributed by atoms with Gasteiger partial charge in [0.2, 0.25) is 0 Å². The zero-order valence-corrected chi connectivity index (χ0v) is 9.74. The van der Waals surface area contributed by atoms with Crippen molar-refractivity contribution in [2.45, 2.75) is 6.54 Å². The van der Waals surface area contributed by atoms with E-state index in [1.807, 2.05) is 6.07 Å². The molecule has 0 spiro atoms. The lowest BCUT2D eigenvalue weighted by molar-refractivity contribution is 0.397. The Labute approximate surface area is 98.2 Å². The monoisotopic (exact) mass is 234 g/mol. The molecule has 3 N–H and O–H groups in total. The quantitative estimate of drug-likeness (QED) is 0.830. The van der Waals surface area contributed by atoms with Crippen LogP contribution >= 0.6 is 0 Å². The Morgan fingerprint density at radius 1 is 1.24 bits per heavy atom. The summed E-state index contributed by atoms with van der Waals surface area (Å²) in [5, 5.41) is 0.834. The largest absolute Gasteiger partial charge is 0.497 e. The van der Waals surface area contributed by atoms with Crippen LogP contribution in [0.3, 0.4) is 0 Å². The molecule has 0 bridgehead atoms. The molecule has 0 fully saturated rings. The number of hydrogen-bond donors (Lipinski definition) is 2. The fourth-order valence-corrected chi connectivity index (χ4v) is 1.74. The van der Waals surface area contributed by atoms with Gasteiger partial charge in [0, 0.05) is 23.6 Å². The van der Waals surface area contributed by atoms with Crippen LogP contribution in [0.5, 0.6) is 11.5 Å². The summed E-state index contributed by atoms with van der Waals surface area (Å²) in [5.74, 6) is 1.24. The third-order valence-corrected chi connectivity index (χ3v) is 2.64. The van der Waals surface area contributed by atoms with E-state index >= 15 is 0 Å². The van der Waals surface area contributed by atoms with Crippen LogP contribution in [0.4, 0.5) is 0 Å². The summed E-state index contributed by atoms with van der Waals surface area (Å²) >= 11 is 0. The third kappa shape index (κ3) is 1.97. The number of aromatic amines is 1. The Hall–Kier alpha value is -2.01. The molecular weight excluding hydrogens is 220 g/mol. The molecule has 17 heavy (non-hydrogen) atoms. The molecule has 5 heteroatoms. The molecule has 1 aromatic carbocycles. The molecule has 0 saturated heterocycles. The molecule has 1 aromatic heterocycles. The Morgan fingerprint density at radius 2 is 2.00 bits per heavy atom. The van der Waals surface area contributed by atoms with Crippen LogP contribution in [-0.4, -0.2) is 19.2 Å². The van der Waals surface area contributed by atoms with Gasteiger partial charge in [0.1, 0.15) is 11.5 Å². The highest BCUT2D eigenvalue weighted by Crippen LogP contribution is 2.29. The molecule has 0 aliphatic carbocycles. The van der Waals surface area contributed by atoms with Gasteiger partial charge in [0.15, 0.2) is 0 Å².